The van der Waals surface area contributed by atoms with Crippen molar-refractivity contribution in [2.75, 3.05) is 19.7 Å². The fourth-order valence-electron chi connectivity index (χ4n) is 3.44. The lowest BCUT2D eigenvalue weighted by molar-refractivity contribution is -0.140. The summed E-state index contributed by atoms with van der Waals surface area (Å²) in [5.41, 5.74) is 2.40. The van der Waals surface area contributed by atoms with Gasteiger partial charge in [-0.05, 0) is 29.7 Å². The maximum absolute atomic E-state index is 12.3. The van der Waals surface area contributed by atoms with Crippen LogP contribution in [0.15, 0.2) is 60.7 Å². The van der Waals surface area contributed by atoms with Gasteiger partial charge in [-0.2, -0.15) is 0 Å². The quantitative estimate of drug-likeness (QED) is 0.798. The summed E-state index contributed by atoms with van der Waals surface area (Å²) in [6.45, 7) is 2.26. The van der Waals surface area contributed by atoms with Gasteiger partial charge in [0.15, 0.2) is 0 Å². The molecule has 1 fully saturated rings. The predicted octanol–water partition coefficient (Wildman–Crippen LogP) is 3.16. The van der Waals surface area contributed by atoms with E-state index in [-0.39, 0.29) is 11.3 Å². The Hall–Kier alpha value is -2.55. The predicted molar refractivity (Wildman–Crippen MR) is 90.1 cm³/mol. The van der Waals surface area contributed by atoms with E-state index in [9.17, 15) is 4.79 Å². The molecule has 23 heavy (non-hydrogen) atoms. The molecule has 0 radical (unpaired) electrons. The van der Waals surface area contributed by atoms with Crippen molar-refractivity contribution in [2.24, 2.45) is 5.41 Å². The summed E-state index contributed by atoms with van der Waals surface area (Å²) in [5, 5.41) is 0. The molecule has 3 heteroatoms. The van der Waals surface area contributed by atoms with E-state index in [0.717, 1.165) is 30.8 Å². The third-order valence-corrected chi connectivity index (χ3v) is 4.65. The molecular formula is C20H19NO2. The van der Waals surface area contributed by atoms with E-state index in [1.54, 1.807) is 6.08 Å². The Balaban J connectivity index is 1.38. The number of nitrogens with zero attached hydrogens (tertiary/aromatic N) is 1. The number of likely N-dealkylation sites (tertiary alicyclic amines) is 1. The third-order valence-electron chi connectivity index (χ3n) is 4.65. The van der Waals surface area contributed by atoms with Crippen molar-refractivity contribution in [1.29, 1.82) is 0 Å². The van der Waals surface area contributed by atoms with Crippen molar-refractivity contribution in [3.63, 3.8) is 0 Å². The van der Waals surface area contributed by atoms with Gasteiger partial charge in [0.1, 0.15) is 5.75 Å². The highest BCUT2D eigenvalue weighted by atomic mass is 16.5. The minimum Gasteiger partial charge on any atom is -0.493 e. The zero-order valence-electron chi connectivity index (χ0n) is 12.9. The number of fused-ring (bicyclic) bond motifs is 1. The first-order valence-electron chi connectivity index (χ1n) is 7.97. The second-order valence-electron chi connectivity index (χ2n) is 6.51. The summed E-state index contributed by atoms with van der Waals surface area (Å²) in [7, 11) is 0. The summed E-state index contributed by atoms with van der Waals surface area (Å²) >= 11 is 0. The average Bonchev–Trinajstić information content (AvgIpc) is 2.58. The van der Waals surface area contributed by atoms with Crippen molar-refractivity contribution in [3.05, 3.63) is 71.8 Å². The van der Waals surface area contributed by atoms with Gasteiger partial charge in [-0.3, -0.25) is 4.79 Å². The first kappa shape index (κ1) is 14.1. The van der Waals surface area contributed by atoms with Crippen LogP contribution in [0.4, 0.5) is 0 Å². The van der Waals surface area contributed by atoms with Crippen molar-refractivity contribution in [1.82, 2.24) is 4.90 Å². The van der Waals surface area contributed by atoms with Gasteiger partial charge in [-0.1, -0.05) is 48.5 Å². The number of benzene rings is 2. The van der Waals surface area contributed by atoms with E-state index in [2.05, 4.69) is 6.07 Å². The van der Waals surface area contributed by atoms with Crippen LogP contribution in [-0.2, 0) is 11.2 Å². The number of hydrogen-bond acceptors (Lipinski definition) is 2. The molecule has 2 aromatic carbocycles. The lowest BCUT2D eigenvalue weighted by Crippen LogP contribution is -2.62. The summed E-state index contributed by atoms with van der Waals surface area (Å²) < 4.78 is 5.88. The molecule has 0 saturated carbocycles. The molecule has 1 amide bonds. The van der Waals surface area contributed by atoms with Gasteiger partial charge in [0, 0.05) is 24.6 Å². The van der Waals surface area contributed by atoms with Gasteiger partial charge >= 0.3 is 0 Å². The zero-order chi connectivity index (χ0) is 15.7. The topological polar surface area (TPSA) is 29.5 Å². The number of para-hydroxylation sites is 1. The van der Waals surface area contributed by atoms with E-state index in [4.69, 9.17) is 4.74 Å². The van der Waals surface area contributed by atoms with Crippen LogP contribution < -0.4 is 4.74 Å². The van der Waals surface area contributed by atoms with Gasteiger partial charge in [0.2, 0.25) is 5.91 Å². The van der Waals surface area contributed by atoms with E-state index in [0.29, 0.717) is 6.61 Å². The van der Waals surface area contributed by atoms with E-state index in [1.165, 1.54) is 5.56 Å². The molecule has 4 rings (SSSR count). The molecule has 116 valence electrons. The minimum atomic E-state index is 0.0818. The lowest BCUT2D eigenvalue weighted by Gasteiger charge is -2.51. The van der Waals surface area contributed by atoms with Crippen molar-refractivity contribution in [2.45, 2.75) is 6.42 Å². The van der Waals surface area contributed by atoms with E-state index in [1.807, 2.05) is 59.5 Å². The molecule has 2 aliphatic rings. The fourth-order valence-corrected chi connectivity index (χ4v) is 3.44. The molecule has 3 nitrogen and oxygen atoms in total. The van der Waals surface area contributed by atoms with Crippen molar-refractivity contribution < 1.29 is 9.53 Å². The van der Waals surface area contributed by atoms with Gasteiger partial charge < -0.3 is 9.64 Å². The zero-order valence-corrected chi connectivity index (χ0v) is 12.9. The molecule has 1 spiro atoms. The number of hydrogen-bond donors (Lipinski definition) is 0. The smallest absolute Gasteiger partial charge is 0.246 e. The van der Waals surface area contributed by atoms with E-state index < -0.39 is 0 Å². The van der Waals surface area contributed by atoms with Gasteiger partial charge in [0.05, 0.1) is 6.61 Å². The standard InChI is InChI=1S/C20H19NO2/c22-19(11-10-16-6-2-1-3-7-16)21-13-20(14-21)12-17-8-4-5-9-18(17)23-15-20/h1-11H,12-15H2. The van der Waals surface area contributed by atoms with Gasteiger partial charge in [-0.25, -0.2) is 0 Å². The van der Waals surface area contributed by atoms with Crippen LogP contribution in [0, 0.1) is 5.41 Å². The third kappa shape index (κ3) is 2.74. The highest BCUT2D eigenvalue weighted by Crippen LogP contribution is 2.40. The molecule has 0 atom stereocenters. The molecule has 0 bridgehead atoms. The van der Waals surface area contributed by atoms with Crippen LogP contribution >= 0.6 is 0 Å². The first-order valence-corrected chi connectivity index (χ1v) is 7.97. The van der Waals surface area contributed by atoms with Gasteiger partial charge in [0.25, 0.3) is 0 Å². The normalized spacial score (nSPS) is 18.3. The average molecular weight is 305 g/mol. The summed E-state index contributed by atoms with van der Waals surface area (Å²) in [5.74, 6) is 1.07. The molecule has 0 unspecified atom stereocenters. The van der Waals surface area contributed by atoms with Gasteiger partial charge in [-0.15, -0.1) is 0 Å². The van der Waals surface area contributed by atoms with Crippen LogP contribution in [0.3, 0.4) is 0 Å². The van der Waals surface area contributed by atoms with Crippen LogP contribution in [0.2, 0.25) is 0 Å². The molecule has 2 aliphatic heterocycles. The van der Waals surface area contributed by atoms with Crippen LogP contribution in [0.25, 0.3) is 6.08 Å². The SMILES string of the molecule is O=C(C=Cc1ccccc1)N1CC2(COc3ccccc3C2)C1. The molecule has 2 heterocycles. The van der Waals surface area contributed by atoms with Crippen molar-refractivity contribution in [3.8, 4) is 5.75 Å². The second kappa shape index (κ2) is 5.58. The minimum absolute atomic E-state index is 0.0818. The largest absolute Gasteiger partial charge is 0.493 e. The highest BCUT2D eigenvalue weighted by Gasteiger charge is 2.47. The van der Waals surface area contributed by atoms with Crippen LogP contribution in [-0.4, -0.2) is 30.5 Å². The van der Waals surface area contributed by atoms with Crippen LogP contribution in [0.5, 0.6) is 5.75 Å². The Kier molecular flexibility index (Phi) is 3.41. The van der Waals surface area contributed by atoms with Crippen LogP contribution in [0.1, 0.15) is 11.1 Å². The number of amides is 1. The summed E-state index contributed by atoms with van der Waals surface area (Å²) in [6.07, 6.45) is 4.54. The number of rotatable bonds is 2. The molecule has 0 aliphatic carbocycles. The monoisotopic (exact) mass is 305 g/mol. The van der Waals surface area contributed by atoms with Crippen molar-refractivity contribution >= 4 is 12.0 Å². The van der Waals surface area contributed by atoms with E-state index >= 15 is 0 Å². The Morgan fingerprint density at radius 2 is 1.78 bits per heavy atom. The Morgan fingerprint density at radius 3 is 2.61 bits per heavy atom. The molecule has 0 aromatic heterocycles. The number of carbonyl (C=O) groups is 1. The highest BCUT2D eigenvalue weighted by molar-refractivity contribution is 5.92. The maximum Gasteiger partial charge on any atom is 0.246 e. The molecule has 0 N–H and O–H groups in total. The lowest BCUT2D eigenvalue weighted by atomic mass is 9.74. The molecule has 1 saturated heterocycles. The molecular weight excluding hydrogens is 286 g/mol. The fraction of sp³-hybridized carbons (Fsp3) is 0.250. The Morgan fingerprint density at radius 1 is 1.04 bits per heavy atom. The summed E-state index contributed by atoms with van der Waals surface area (Å²) in [4.78, 5) is 14.2. The summed E-state index contributed by atoms with van der Waals surface area (Å²) in [6, 6.07) is 18.1. The first-order chi connectivity index (χ1) is 11.2. The number of carbonyl (C=O) groups excluding carboxylic acids is 1. The molecule has 2 aromatic rings. The second-order valence-corrected chi connectivity index (χ2v) is 6.51. The maximum atomic E-state index is 12.3. The Labute approximate surface area is 136 Å². The number of ether oxygens (including phenoxy) is 1. The Bertz CT molecular complexity index is 745.